The van der Waals surface area contributed by atoms with E-state index >= 15 is 8.78 Å². The van der Waals surface area contributed by atoms with Crippen molar-refractivity contribution < 1.29 is 44.0 Å². The summed E-state index contributed by atoms with van der Waals surface area (Å²) < 4.78 is 116. The predicted octanol–water partition coefficient (Wildman–Crippen LogP) is 6.24. The van der Waals surface area contributed by atoms with Crippen LogP contribution in [-0.2, 0) is 29.6 Å². The van der Waals surface area contributed by atoms with E-state index in [2.05, 4.69) is 9.05 Å². The van der Waals surface area contributed by atoms with Crippen LogP contribution in [0.4, 0.5) is 22.0 Å². The zero-order chi connectivity index (χ0) is 23.5. The SMILES string of the molecule is CCOP(=O)(OCC)C(F)(F)C(Cl)C(=C(C)C)S(=O)(=O)c1ccc(C(F)(F)F)cc1. The van der Waals surface area contributed by atoms with Crippen molar-refractivity contribution in [3.63, 3.8) is 0 Å². The molecule has 0 aliphatic heterocycles. The van der Waals surface area contributed by atoms with Crippen molar-refractivity contribution >= 4 is 29.0 Å². The Morgan fingerprint density at radius 1 is 1.03 bits per heavy atom. The number of alkyl halides is 6. The second kappa shape index (κ2) is 9.65. The fourth-order valence-electron chi connectivity index (χ4n) is 2.45. The van der Waals surface area contributed by atoms with Gasteiger partial charge in [0.15, 0.2) is 0 Å². The molecule has 0 saturated carbocycles. The van der Waals surface area contributed by atoms with Crippen LogP contribution in [0.5, 0.6) is 0 Å². The maximum Gasteiger partial charge on any atom is 0.416 e. The van der Waals surface area contributed by atoms with Gasteiger partial charge in [-0.3, -0.25) is 4.57 Å². The van der Waals surface area contributed by atoms with E-state index in [1.807, 2.05) is 0 Å². The Balaban J connectivity index is 3.54. The van der Waals surface area contributed by atoms with Crippen LogP contribution in [0.3, 0.4) is 0 Å². The molecule has 0 heterocycles. The molecule has 1 aromatic carbocycles. The Morgan fingerprint density at radius 3 is 1.80 bits per heavy atom. The number of benzene rings is 1. The van der Waals surface area contributed by atoms with Crippen LogP contribution in [0.15, 0.2) is 39.6 Å². The monoisotopic (exact) mass is 498 g/mol. The van der Waals surface area contributed by atoms with Crippen molar-refractivity contribution in [2.75, 3.05) is 13.2 Å². The van der Waals surface area contributed by atoms with Gasteiger partial charge in [0.1, 0.15) is 5.38 Å². The van der Waals surface area contributed by atoms with E-state index in [0.717, 1.165) is 0 Å². The van der Waals surface area contributed by atoms with E-state index < -0.39 is 63.2 Å². The average Bonchev–Trinajstić information content (AvgIpc) is 2.60. The fourth-order valence-corrected chi connectivity index (χ4v) is 6.68. The van der Waals surface area contributed by atoms with Crippen LogP contribution in [0.25, 0.3) is 0 Å². The van der Waals surface area contributed by atoms with Crippen LogP contribution < -0.4 is 0 Å². The van der Waals surface area contributed by atoms with E-state index in [1.165, 1.54) is 27.7 Å². The third-order valence-corrected chi connectivity index (χ3v) is 8.85. The molecule has 0 saturated heterocycles. The molecular weight excluding hydrogens is 478 g/mol. The fraction of sp³-hybridized carbons (Fsp3) is 0.529. The van der Waals surface area contributed by atoms with E-state index in [-0.39, 0.29) is 5.57 Å². The van der Waals surface area contributed by atoms with Crippen molar-refractivity contribution in [2.45, 2.75) is 49.8 Å². The first-order chi connectivity index (χ1) is 13.6. The maximum atomic E-state index is 15.0. The van der Waals surface area contributed by atoms with Crippen LogP contribution in [0.2, 0.25) is 0 Å². The summed E-state index contributed by atoms with van der Waals surface area (Å²) in [4.78, 5) is -1.69. The molecule has 1 rings (SSSR count). The first-order valence-electron chi connectivity index (χ1n) is 8.57. The summed E-state index contributed by atoms with van der Waals surface area (Å²) in [6.07, 6.45) is -4.72. The normalized spacial score (nSPS) is 14.5. The van der Waals surface area contributed by atoms with Crippen molar-refractivity contribution in [1.29, 1.82) is 0 Å². The second-order valence-corrected chi connectivity index (χ2v) is 10.6. The molecule has 1 atom stereocenters. The molecule has 30 heavy (non-hydrogen) atoms. The minimum absolute atomic E-state index is 0.172. The molecule has 0 N–H and O–H groups in total. The quantitative estimate of drug-likeness (QED) is 0.229. The van der Waals surface area contributed by atoms with Crippen molar-refractivity contribution in [1.82, 2.24) is 0 Å². The number of hydrogen-bond acceptors (Lipinski definition) is 5. The molecular formula is C17H21ClF5O5PS. The second-order valence-electron chi connectivity index (χ2n) is 6.17. The summed E-state index contributed by atoms with van der Waals surface area (Å²) in [5, 5.41) is -2.67. The summed E-state index contributed by atoms with van der Waals surface area (Å²) in [6, 6.07) is 2.27. The number of allylic oxidation sites excluding steroid dienone is 2. The van der Waals surface area contributed by atoms with Gasteiger partial charge in [-0.25, -0.2) is 8.42 Å². The molecule has 0 aliphatic carbocycles. The summed E-state index contributed by atoms with van der Waals surface area (Å²) >= 11 is 5.83. The van der Waals surface area contributed by atoms with Crippen LogP contribution in [0.1, 0.15) is 33.3 Å². The predicted molar refractivity (Wildman–Crippen MR) is 102 cm³/mol. The lowest BCUT2D eigenvalue weighted by atomic mass is 10.2. The molecule has 0 fully saturated rings. The maximum absolute atomic E-state index is 15.0. The van der Waals surface area contributed by atoms with Gasteiger partial charge in [0.2, 0.25) is 9.84 Å². The van der Waals surface area contributed by atoms with Gasteiger partial charge >= 0.3 is 19.4 Å². The van der Waals surface area contributed by atoms with Crippen molar-refractivity contribution in [3.05, 3.63) is 40.3 Å². The standard InChI is InChI=1S/C17H21ClF5O5PS/c1-5-27-29(24,28-6-2)17(22,23)15(18)14(11(3)4)30(25,26)13-9-7-12(8-10-13)16(19,20)21/h7-10,15H,5-6H2,1-4H3. The average molecular weight is 499 g/mol. The lowest BCUT2D eigenvalue weighted by Crippen LogP contribution is -2.35. The molecule has 1 unspecified atom stereocenters. The first kappa shape index (κ1) is 27.0. The highest BCUT2D eigenvalue weighted by Gasteiger charge is 2.61. The molecule has 5 nitrogen and oxygen atoms in total. The van der Waals surface area contributed by atoms with Gasteiger partial charge in [-0.1, -0.05) is 5.57 Å². The number of rotatable bonds is 9. The molecule has 1 aromatic rings. The van der Waals surface area contributed by atoms with Crippen molar-refractivity contribution in [3.8, 4) is 0 Å². The molecule has 172 valence electrons. The summed E-state index contributed by atoms with van der Waals surface area (Å²) in [5.74, 6) is 0. The molecule has 0 spiro atoms. The smallest absolute Gasteiger partial charge is 0.305 e. The molecule has 0 radical (unpaired) electrons. The lowest BCUT2D eigenvalue weighted by Gasteiger charge is -2.30. The molecule has 13 heteroatoms. The van der Waals surface area contributed by atoms with Crippen LogP contribution in [0, 0.1) is 0 Å². The van der Waals surface area contributed by atoms with Gasteiger partial charge in [-0.15, -0.1) is 11.6 Å². The van der Waals surface area contributed by atoms with Gasteiger partial charge in [0.25, 0.3) is 0 Å². The summed E-state index contributed by atoms with van der Waals surface area (Å²) in [6.45, 7) is 4.07. The highest BCUT2D eigenvalue weighted by molar-refractivity contribution is 7.95. The van der Waals surface area contributed by atoms with Gasteiger partial charge < -0.3 is 9.05 Å². The largest absolute Gasteiger partial charge is 0.416 e. The Bertz CT molecular complexity index is 915. The summed E-state index contributed by atoms with van der Waals surface area (Å²) in [7, 11) is -9.94. The Kier molecular flexibility index (Phi) is 8.69. The third-order valence-electron chi connectivity index (χ3n) is 3.77. The molecule has 0 amide bonds. The van der Waals surface area contributed by atoms with Gasteiger partial charge in [0, 0.05) is 0 Å². The Morgan fingerprint density at radius 2 is 1.47 bits per heavy atom. The minimum atomic E-state index is -5.18. The van der Waals surface area contributed by atoms with Gasteiger partial charge in [-0.2, -0.15) is 22.0 Å². The van der Waals surface area contributed by atoms with E-state index in [1.54, 1.807) is 0 Å². The zero-order valence-electron chi connectivity index (χ0n) is 16.5. The zero-order valence-corrected chi connectivity index (χ0v) is 18.9. The van der Waals surface area contributed by atoms with Crippen molar-refractivity contribution in [2.24, 2.45) is 0 Å². The third kappa shape index (κ3) is 5.43. The molecule has 0 bridgehead atoms. The molecule has 0 aromatic heterocycles. The van der Waals surface area contributed by atoms with E-state index in [9.17, 15) is 26.2 Å². The van der Waals surface area contributed by atoms with Crippen LogP contribution >= 0.6 is 19.2 Å². The highest BCUT2D eigenvalue weighted by Crippen LogP contribution is 2.65. The first-order valence-corrected chi connectivity index (χ1v) is 12.0. The van der Waals surface area contributed by atoms with Crippen LogP contribution in [-0.4, -0.2) is 32.7 Å². The topological polar surface area (TPSA) is 69.7 Å². The van der Waals surface area contributed by atoms with E-state index in [0.29, 0.717) is 24.3 Å². The van der Waals surface area contributed by atoms with Gasteiger partial charge in [-0.05, 0) is 52.0 Å². The van der Waals surface area contributed by atoms with Gasteiger partial charge in [0.05, 0.1) is 28.6 Å². The Hall–Kier alpha value is -1.00. The van der Waals surface area contributed by atoms with E-state index in [4.69, 9.17) is 11.6 Å². The minimum Gasteiger partial charge on any atom is -0.305 e. The Labute approximate surface area is 176 Å². The lowest BCUT2D eigenvalue weighted by molar-refractivity contribution is -0.137. The number of hydrogen-bond donors (Lipinski definition) is 0. The summed E-state index contributed by atoms with van der Waals surface area (Å²) in [5.41, 5.74) is -5.74. The molecule has 0 aliphatic rings. The number of halogens is 6. The number of sulfone groups is 1. The highest BCUT2D eigenvalue weighted by atomic mass is 35.5.